The van der Waals surface area contributed by atoms with Gasteiger partial charge in [-0.05, 0) is 37.1 Å². The number of hydrogen-bond acceptors (Lipinski definition) is 3. The Labute approximate surface area is 156 Å². The summed E-state index contributed by atoms with van der Waals surface area (Å²) in [6.45, 7) is 2.16. The van der Waals surface area contributed by atoms with E-state index in [2.05, 4.69) is 11.2 Å². The number of amides is 2. The van der Waals surface area contributed by atoms with Gasteiger partial charge in [-0.1, -0.05) is 6.07 Å². The molecule has 2 aromatic rings. The number of halogens is 1. The molecule has 0 unspecified atom stereocenters. The van der Waals surface area contributed by atoms with E-state index in [9.17, 15) is 14.0 Å². The van der Waals surface area contributed by atoms with Crippen LogP contribution in [0.25, 0.3) is 0 Å². The molecule has 1 aromatic carbocycles. The van der Waals surface area contributed by atoms with Gasteiger partial charge in [0.15, 0.2) is 0 Å². The number of fused-ring (bicyclic) bond motifs is 1. The van der Waals surface area contributed by atoms with Gasteiger partial charge in [-0.25, -0.2) is 4.39 Å². The summed E-state index contributed by atoms with van der Waals surface area (Å²) in [4.78, 5) is 28.7. The first kappa shape index (κ1) is 16.5. The Morgan fingerprint density at radius 3 is 2.81 bits per heavy atom. The highest BCUT2D eigenvalue weighted by atomic mass is 19.1. The average Bonchev–Trinajstić information content (AvgIpc) is 3.31. The Bertz CT molecular complexity index is 920. The van der Waals surface area contributed by atoms with Gasteiger partial charge in [0.1, 0.15) is 5.82 Å². The quantitative estimate of drug-likeness (QED) is 0.835. The van der Waals surface area contributed by atoms with E-state index in [0.29, 0.717) is 37.8 Å². The van der Waals surface area contributed by atoms with Crippen molar-refractivity contribution in [1.29, 1.82) is 0 Å². The van der Waals surface area contributed by atoms with Gasteiger partial charge in [0, 0.05) is 31.1 Å². The highest BCUT2D eigenvalue weighted by molar-refractivity contribution is 6.00. The summed E-state index contributed by atoms with van der Waals surface area (Å²) >= 11 is 0. The predicted molar refractivity (Wildman–Crippen MR) is 96.5 cm³/mol. The molecule has 27 heavy (non-hydrogen) atoms. The lowest BCUT2D eigenvalue weighted by Gasteiger charge is -2.29. The smallest absolute Gasteiger partial charge is 0.228 e. The monoisotopic (exact) mass is 368 g/mol. The van der Waals surface area contributed by atoms with Gasteiger partial charge >= 0.3 is 0 Å². The Morgan fingerprint density at radius 2 is 2.04 bits per heavy atom. The number of nitrogens with zero attached hydrogens (tertiary/aromatic N) is 4. The summed E-state index contributed by atoms with van der Waals surface area (Å²) in [6.07, 6.45) is 2.59. The van der Waals surface area contributed by atoms with Crippen molar-refractivity contribution in [3.05, 3.63) is 47.5 Å². The first-order chi connectivity index (χ1) is 13.1. The van der Waals surface area contributed by atoms with Gasteiger partial charge in [0.25, 0.3) is 0 Å². The van der Waals surface area contributed by atoms with Crippen molar-refractivity contribution < 1.29 is 14.0 Å². The van der Waals surface area contributed by atoms with E-state index in [0.717, 1.165) is 11.4 Å². The van der Waals surface area contributed by atoms with Crippen molar-refractivity contribution in [2.45, 2.75) is 38.3 Å². The minimum absolute atomic E-state index is 0.00248. The highest BCUT2D eigenvalue weighted by Gasteiger charge is 2.38. The lowest BCUT2D eigenvalue weighted by molar-refractivity contribution is -0.137. The summed E-state index contributed by atoms with van der Waals surface area (Å²) in [5.74, 6) is -0.289. The van der Waals surface area contributed by atoms with E-state index in [-0.39, 0.29) is 30.0 Å². The number of carbonyl (C=O) groups is 2. The third-order valence-electron chi connectivity index (χ3n) is 5.72. The third-order valence-corrected chi connectivity index (χ3v) is 5.72. The summed E-state index contributed by atoms with van der Waals surface area (Å²) < 4.78 is 15.5. The zero-order valence-corrected chi connectivity index (χ0v) is 15.0. The number of aromatic nitrogens is 2. The fourth-order valence-corrected chi connectivity index (χ4v) is 4.08. The Kier molecular flexibility index (Phi) is 3.77. The molecule has 0 bridgehead atoms. The minimum atomic E-state index is -0.383. The third kappa shape index (κ3) is 3.01. The van der Waals surface area contributed by atoms with E-state index in [1.807, 2.05) is 9.58 Å². The number of carbonyl (C=O) groups excluding carboxylic acids is 2. The van der Waals surface area contributed by atoms with Crippen LogP contribution in [0.3, 0.4) is 0 Å². The van der Waals surface area contributed by atoms with Crippen LogP contribution in [0.2, 0.25) is 0 Å². The molecule has 1 aromatic heterocycles. The molecule has 2 amide bonds. The predicted octanol–water partition coefficient (Wildman–Crippen LogP) is 2.29. The summed E-state index contributed by atoms with van der Waals surface area (Å²) in [6, 6.07) is 8.09. The summed E-state index contributed by atoms with van der Waals surface area (Å²) in [5.41, 5.74) is 2.73. The summed E-state index contributed by atoms with van der Waals surface area (Å²) in [7, 11) is 0. The Morgan fingerprint density at radius 1 is 1.19 bits per heavy atom. The molecule has 3 heterocycles. The van der Waals surface area contributed by atoms with Crippen LogP contribution in [0.1, 0.15) is 36.6 Å². The number of hydrogen-bond donors (Lipinski definition) is 0. The van der Waals surface area contributed by atoms with Crippen molar-refractivity contribution in [1.82, 2.24) is 14.7 Å². The van der Waals surface area contributed by atoms with Gasteiger partial charge in [0.2, 0.25) is 11.8 Å². The number of benzene rings is 1. The van der Waals surface area contributed by atoms with Crippen molar-refractivity contribution in [3.63, 3.8) is 0 Å². The van der Waals surface area contributed by atoms with Gasteiger partial charge in [-0.2, -0.15) is 5.10 Å². The first-order valence-corrected chi connectivity index (χ1v) is 9.50. The number of rotatable bonds is 3. The van der Waals surface area contributed by atoms with Crippen molar-refractivity contribution >= 4 is 17.5 Å². The molecule has 0 radical (unpaired) electrons. The largest absolute Gasteiger partial charge is 0.335 e. The molecule has 7 heteroatoms. The van der Waals surface area contributed by atoms with E-state index < -0.39 is 0 Å². The SMILES string of the molecule is O=C([C@H]1CC(=O)N(c2cccc(F)c2)C1)N1CCn2nc(C3CC3)cc2C1. The molecular weight excluding hydrogens is 347 g/mol. The average molecular weight is 368 g/mol. The molecule has 1 saturated heterocycles. The Hall–Kier alpha value is -2.70. The zero-order chi connectivity index (χ0) is 18.5. The van der Waals surface area contributed by atoms with Crippen LogP contribution in [0.5, 0.6) is 0 Å². The molecule has 1 saturated carbocycles. The van der Waals surface area contributed by atoms with Gasteiger partial charge in [-0.3, -0.25) is 14.3 Å². The summed E-state index contributed by atoms with van der Waals surface area (Å²) in [5, 5.41) is 4.66. The minimum Gasteiger partial charge on any atom is -0.335 e. The van der Waals surface area contributed by atoms with E-state index in [1.54, 1.807) is 12.1 Å². The lowest BCUT2D eigenvalue weighted by Crippen LogP contribution is -2.42. The molecular formula is C20H21FN4O2. The van der Waals surface area contributed by atoms with Crippen molar-refractivity contribution in [2.24, 2.45) is 5.92 Å². The fraction of sp³-hybridized carbons (Fsp3) is 0.450. The second-order valence-electron chi connectivity index (χ2n) is 7.70. The van der Waals surface area contributed by atoms with Crippen LogP contribution < -0.4 is 4.90 Å². The molecule has 2 fully saturated rings. The molecule has 0 N–H and O–H groups in total. The Balaban J connectivity index is 1.29. The molecule has 2 aliphatic heterocycles. The maximum atomic E-state index is 13.5. The van der Waals surface area contributed by atoms with E-state index >= 15 is 0 Å². The van der Waals surface area contributed by atoms with Crippen LogP contribution in [-0.2, 0) is 22.7 Å². The lowest BCUT2D eigenvalue weighted by atomic mass is 10.1. The molecule has 140 valence electrons. The normalized spacial score (nSPS) is 22.3. The van der Waals surface area contributed by atoms with Gasteiger partial charge < -0.3 is 9.80 Å². The maximum absolute atomic E-state index is 13.5. The second kappa shape index (κ2) is 6.18. The highest BCUT2D eigenvalue weighted by Crippen LogP contribution is 2.40. The fourth-order valence-electron chi connectivity index (χ4n) is 4.08. The van der Waals surface area contributed by atoms with Crippen LogP contribution >= 0.6 is 0 Å². The van der Waals surface area contributed by atoms with Crippen molar-refractivity contribution in [2.75, 3.05) is 18.0 Å². The van der Waals surface area contributed by atoms with E-state index in [4.69, 9.17) is 0 Å². The van der Waals surface area contributed by atoms with E-state index in [1.165, 1.54) is 29.9 Å². The van der Waals surface area contributed by atoms with Crippen LogP contribution in [-0.4, -0.2) is 39.6 Å². The molecule has 6 nitrogen and oxygen atoms in total. The van der Waals surface area contributed by atoms with Crippen molar-refractivity contribution in [3.8, 4) is 0 Å². The molecule has 3 aliphatic rings. The zero-order valence-electron chi connectivity index (χ0n) is 15.0. The molecule has 1 atom stereocenters. The van der Waals surface area contributed by atoms with Gasteiger partial charge in [-0.15, -0.1) is 0 Å². The molecule has 1 aliphatic carbocycles. The second-order valence-corrected chi connectivity index (χ2v) is 7.70. The molecule has 5 rings (SSSR count). The number of anilines is 1. The standard InChI is InChI=1S/C20H21FN4O2/c21-15-2-1-3-16(9-15)24-11-14(8-19(24)26)20(27)23-6-7-25-17(12-23)10-18(22-25)13-4-5-13/h1-3,9-10,13-14H,4-8,11-12H2/t14-/m0/s1. The topological polar surface area (TPSA) is 58.4 Å². The maximum Gasteiger partial charge on any atom is 0.228 e. The first-order valence-electron chi connectivity index (χ1n) is 9.50. The van der Waals surface area contributed by atoms with Crippen LogP contribution in [0, 0.1) is 11.7 Å². The molecule has 0 spiro atoms. The van der Waals surface area contributed by atoms with Gasteiger partial charge in [0.05, 0.1) is 30.4 Å². The van der Waals surface area contributed by atoms with Crippen LogP contribution in [0.4, 0.5) is 10.1 Å². The van der Waals surface area contributed by atoms with Crippen LogP contribution in [0.15, 0.2) is 30.3 Å².